The van der Waals surface area contributed by atoms with Gasteiger partial charge in [0.1, 0.15) is 12.4 Å². The number of fused-ring (bicyclic) bond motifs is 1. The van der Waals surface area contributed by atoms with Crippen molar-refractivity contribution >= 4 is 5.82 Å². The summed E-state index contributed by atoms with van der Waals surface area (Å²) in [6, 6.07) is 8.14. The minimum Gasteiger partial charge on any atom is -0.483 e. The van der Waals surface area contributed by atoms with Crippen molar-refractivity contribution in [1.29, 1.82) is 0 Å². The average Bonchev–Trinajstić information content (AvgIpc) is 2.69. The molecule has 19 heavy (non-hydrogen) atoms. The van der Waals surface area contributed by atoms with E-state index in [1.807, 2.05) is 38.2 Å². The van der Waals surface area contributed by atoms with Crippen molar-refractivity contribution in [2.45, 2.75) is 19.9 Å². The van der Waals surface area contributed by atoms with Crippen LogP contribution in [-0.4, -0.2) is 22.4 Å². The summed E-state index contributed by atoms with van der Waals surface area (Å²) < 4.78 is 13.2. The van der Waals surface area contributed by atoms with Crippen LogP contribution in [0.3, 0.4) is 0 Å². The van der Waals surface area contributed by atoms with Gasteiger partial charge in [0, 0.05) is 7.05 Å². The molecular formula is C14H17N3O2. The van der Waals surface area contributed by atoms with Crippen molar-refractivity contribution < 1.29 is 9.47 Å². The Morgan fingerprint density at radius 2 is 2.11 bits per heavy atom. The van der Waals surface area contributed by atoms with Crippen molar-refractivity contribution in [3.8, 4) is 17.4 Å². The van der Waals surface area contributed by atoms with E-state index in [-0.39, 0.29) is 6.04 Å². The molecule has 5 heteroatoms. The third kappa shape index (κ3) is 2.23. The first-order valence-electron chi connectivity index (χ1n) is 6.34. The molecule has 0 saturated carbocycles. The molecule has 0 radical (unpaired) electrons. The Morgan fingerprint density at radius 3 is 2.84 bits per heavy atom. The van der Waals surface area contributed by atoms with Gasteiger partial charge in [-0.3, -0.25) is 0 Å². The first-order chi connectivity index (χ1) is 9.13. The first-order valence-corrected chi connectivity index (χ1v) is 6.34. The van der Waals surface area contributed by atoms with Crippen LogP contribution < -0.4 is 14.8 Å². The lowest BCUT2D eigenvalue weighted by Gasteiger charge is -2.22. The Kier molecular flexibility index (Phi) is 2.81. The van der Waals surface area contributed by atoms with Gasteiger partial charge in [0.25, 0.3) is 5.88 Å². The molecule has 1 aliphatic heterocycles. The average molecular weight is 259 g/mol. The fourth-order valence-electron chi connectivity index (χ4n) is 2.04. The Morgan fingerprint density at radius 1 is 1.37 bits per heavy atom. The van der Waals surface area contributed by atoms with Crippen LogP contribution in [0.15, 0.2) is 24.3 Å². The predicted octanol–water partition coefficient (Wildman–Crippen LogP) is 2.71. The molecular weight excluding hydrogens is 242 g/mol. The molecule has 0 amide bonds. The number of aromatic nitrogens is 2. The second kappa shape index (κ2) is 4.50. The molecule has 100 valence electrons. The van der Waals surface area contributed by atoms with Gasteiger partial charge in [-0.15, -0.1) is 5.10 Å². The summed E-state index contributed by atoms with van der Waals surface area (Å²) in [5, 5.41) is 7.69. The molecule has 1 N–H and O–H groups in total. The zero-order chi connectivity index (χ0) is 13.4. The lowest BCUT2D eigenvalue weighted by atomic mass is 10.2. The van der Waals surface area contributed by atoms with E-state index in [4.69, 9.17) is 9.47 Å². The van der Waals surface area contributed by atoms with Crippen molar-refractivity contribution in [3.63, 3.8) is 0 Å². The quantitative estimate of drug-likeness (QED) is 0.900. The molecule has 1 aromatic heterocycles. The smallest absolute Gasteiger partial charge is 0.283 e. The van der Waals surface area contributed by atoms with Gasteiger partial charge in [-0.2, -0.15) is 0 Å². The summed E-state index contributed by atoms with van der Waals surface area (Å²) in [6.07, 6.45) is 0. The molecule has 0 aliphatic carbocycles. The summed E-state index contributed by atoms with van der Waals surface area (Å²) in [6.45, 7) is 4.72. The van der Waals surface area contributed by atoms with E-state index in [0.717, 1.165) is 11.6 Å². The van der Waals surface area contributed by atoms with E-state index >= 15 is 0 Å². The number of nitrogens with zero attached hydrogens (tertiary/aromatic N) is 2. The van der Waals surface area contributed by atoms with Crippen LogP contribution in [0.1, 0.15) is 12.5 Å². The van der Waals surface area contributed by atoms with E-state index in [1.54, 1.807) is 4.68 Å². The van der Waals surface area contributed by atoms with E-state index in [2.05, 4.69) is 17.3 Å². The summed E-state index contributed by atoms with van der Waals surface area (Å²) in [5.74, 6) is 2.80. The standard InChI is InChI=1S/C14H17N3O2/c1-9-4-6-11(7-5-9)19-14-12-13(17(3)16-14)15-10(2)8-18-12/h4-7,10,15H,8H2,1-3H3/t10-/m1/s1. The maximum absolute atomic E-state index is 5.79. The highest BCUT2D eigenvalue weighted by atomic mass is 16.5. The molecule has 1 aromatic carbocycles. The molecule has 0 spiro atoms. The maximum Gasteiger partial charge on any atom is 0.283 e. The molecule has 0 fully saturated rings. The lowest BCUT2D eigenvalue weighted by molar-refractivity contribution is 0.279. The largest absolute Gasteiger partial charge is 0.483 e. The third-order valence-electron chi connectivity index (χ3n) is 3.07. The summed E-state index contributed by atoms with van der Waals surface area (Å²) in [5.41, 5.74) is 1.20. The van der Waals surface area contributed by atoms with Crippen LogP contribution in [0, 0.1) is 6.92 Å². The van der Waals surface area contributed by atoms with Gasteiger partial charge in [0.05, 0.1) is 6.04 Å². The molecule has 3 rings (SSSR count). The minimum absolute atomic E-state index is 0.273. The number of anilines is 1. The zero-order valence-electron chi connectivity index (χ0n) is 11.3. The molecule has 1 aliphatic rings. The monoisotopic (exact) mass is 259 g/mol. The van der Waals surface area contributed by atoms with Crippen molar-refractivity contribution in [2.75, 3.05) is 11.9 Å². The van der Waals surface area contributed by atoms with Crippen LogP contribution in [0.4, 0.5) is 5.82 Å². The van der Waals surface area contributed by atoms with E-state index in [0.29, 0.717) is 18.2 Å². The number of aryl methyl sites for hydroxylation is 2. The topological polar surface area (TPSA) is 48.3 Å². The number of hydrogen-bond acceptors (Lipinski definition) is 4. The lowest BCUT2D eigenvalue weighted by Crippen LogP contribution is -2.29. The van der Waals surface area contributed by atoms with Gasteiger partial charge in [0.15, 0.2) is 5.82 Å². The molecule has 0 saturated heterocycles. The van der Waals surface area contributed by atoms with Crippen molar-refractivity contribution in [1.82, 2.24) is 9.78 Å². The van der Waals surface area contributed by atoms with Gasteiger partial charge in [-0.1, -0.05) is 17.7 Å². The van der Waals surface area contributed by atoms with Gasteiger partial charge in [-0.25, -0.2) is 4.68 Å². The molecule has 0 unspecified atom stereocenters. The number of ether oxygens (including phenoxy) is 2. The Bertz CT molecular complexity index is 589. The van der Waals surface area contributed by atoms with E-state index < -0.39 is 0 Å². The summed E-state index contributed by atoms with van der Waals surface area (Å²) >= 11 is 0. The number of hydrogen-bond donors (Lipinski definition) is 1. The molecule has 1 atom stereocenters. The predicted molar refractivity (Wildman–Crippen MR) is 73.0 cm³/mol. The van der Waals surface area contributed by atoms with Gasteiger partial charge < -0.3 is 14.8 Å². The normalized spacial score (nSPS) is 17.3. The SMILES string of the molecule is Cc1ccc(Oc2nn(C)c3c2OC[C@@H](C)N3)cc1. The molecule has 2 aromatic rings. The summed E-state index contributed by atoms with van der Waals surface area (Å²) in [4.78, 5) is 0. The van der Waals surface area contributed by atoms with Crippen LogP contribution in [0.2, 0.25) is 0 Å². The van der Waals surface area contributed by atoms with E-state index in [9.17, 15) is 0 Å². The Labute approximate surface area is 112 Å². The van der Waals surface area contributed by atoms with Crippen LogP contribution in [0.25, 0.3) is 0 Å². The molecule has 5 nitrogen and oxygen atoms in total. The number of benzene rings is 1. The highest BCUT2D eigenvalue weighted by Crippen LogP contribution is 2.39. The van der Waals surface area contributed by atoms with Crippen LogP contribution in [-0.2, 0) is 7.05 Å². The fraction of sp³-hybridized carbons (Fsp3) is 0.357. The number of rotatable bonds is 2. The van der Waals surface area contributed by atoms with E-state index in [1.165, 1.54) is 5.56 Å². The van der Waals surface area contributed by atoms with Crippen molar-refractivity contribution in [3.05, 3.63) is 29.8 Å². The zero-order valence-corrected chi connectivity index (χ0v) is 11.3. The van der Waals surface area contributed by atoms with Crippen LogP contribution in [0.5, 0.6) is 17.4 Å². The first kappa shape index (κ1) is 11.9. The van der Waals surface area contributed by atoms with Gasteiger partial charge in [-0.05, 0) is 26.0 Å². The molecule has 2 heterocycles. The second-order valence-electron chi connectivity index (χ2n) is 4.88. The number of nitrogens with one attached hydrogen (secondary N) is 1. The highest BCUT2D eigenvalue weighted by molar-refractivity contribution is 5.59. The van der Waals surface area contributed by atoms with Crippen molar-refractivity contribution in [2.24, 2.45) is 7.05 Å². The summed E-state index contributed by atoms with van der Waals surface area (Å²) in [7, 11) is 1.87. The van der Waals surface area contributed by atoms with Gasteiger partial charge in [0.2, 0.25) is 5.75 Å². The Balaban J connectivity index is 1.90. The van der Waals surface area contributed by atoms with Crippen LogP contribution >= 0.6 is 0 Å². The Hall–Kier alpha value is -2.17. The molecule has 0 bridgehead atoms. The third-order valence-corrected chi connectivity index (χ3v) is 3.07. The highest BCUT2D eigenvalue weighted by Gasteiger charge is 2.25. The van der Waals surface area contributed by atoms with Gasteiger partial charge >= 0.3 is 0 Å². The fourth-order valence-corrected chi connectivity index (χ4v) is 2.04. The second-order valence-corrected chi connectivity index (χ2v) is 4.88. The maximum atomic E-state index is 5.79. The minimum atomic E-state index is 0.273.